The second-order valence-electron chi connectivity index (χ2n) is 12.2. The molecule has 0 amide bonds. The predicted octanol–water partition coefficient (Wildman–Crippen LogP) is 5.42. The van der Waals surface area contributed by atoms with Crippen LogP contribution in [0.4, 0.5) is 35.2 Å². The molecule has 6 N–H and O–H groups in total. The summed E-state index contributed by atoms with van der Waals surface area (Å²) in [6.07, 6.45) is 8.94. The number of nitrogen functional groups attached to an aromatic ring is 2. The zero-order chi connectivity index (χ0) is 33.9. The van der Waals surface area contributed by atoms with Crippen LogP contribution in [0.5, 0.6) is 11.5 Å². The number of nitrogens with one attached hydrogen (secondary N) is 2. The number of anilines is 6. The summed E-state index contributed by atoms with van der Waals surface area (Å²) in [4.78, 5) is 22.0. The normalized spacial score (nSPS) is 17.6. The van der Waals surface area contributed by atoms with Crippen LogP contribution in [0.3, 0.4) is 0 Å². The van der Waals surface area contributed by atoms with E-state index in [4.69, 9.17) is 20.9 Å². The van der Waals surface area contributed by atoms with Crippen molar-refractivity contribution in [3.63, 3.8) is 0 Å². The molecule has 2 aromatic heterocycles. The maximum Gasteiger partial charge on any atom is 0.223 e. The Morgan fingerprint density at radius 2 is 1.06 bits per heavy atom. The van der Waals surface area contributed by atoms with Crippen molar-refractivity contribution in [3.05, 3.63) is 71.8 Å². The average molecular weight is 655 g/mol. The Hall–Kier alpha value is -5.00. The van der Waals surface area contributed by atoms with E-state index in [9.17, 15) is 0 Å². The highest BCUT2D eigenvalue weighted by Gasteiger charge is 2.27. The van der Waals surface area contributed by atoms with E-state index in [1.807, 2.05) is 50.5 Å². The Bertz CT molecular complexity index is 1500. The zero-order valence-corrected chi connectivity index (χ0v) is 28.7. The van der Waals surface area contributed by atoms with Gasteiger partial charge in [0.05, 0.1) is 14.2 Å². The number of rotatable bonds is 10. The van der Waals surface area contributed by atoms with Crippen molar-refractivity contribution in [2.75, 3.05) is 73.3 Å². The molecule has 0 aliphatic carbocycles. The van der Waals surface area contributed by atoms with Crippen LogP contribution in [0, 0.1) is 0 Å². The van der Waals surface area contributed by atoms with E-state index in [0.717, 1.165) is 73.5 Å². The van der Waals surface area contributed by atoms with E-state index >= 15 is 0 Å². The highest BCUT2D eigenvalue weighted by molar-refractivity contribution is 5.55. The van der Waals surface area contributed by atoms with Gasteiger partial charge in [0.25, 0.3) is 0 Å². The largest absolute Gasteiger partial charge is 0.496 e. The van der Waals surface area contributed by atoms with Crippen LogP contribution in [-0.4, -0.2) is 73.4 Å². The number of aromatic nitrogens is 4. The molecule has 2 atom stereocenters. The number of nitrogens with zero attached hydrogens (tertiary/aromatic N) is 6. The summed E-state index contributed by atoms with van der Waals surface area (Å²) < 4.78 is 11.0. The number of hydrogen-bond donors (Lipinski definition) is 4. The summed E-state index contributed by atoms with van der Waals surface area (Å²) in [7, 11) is 7.13. The molecule has 2 saturated heterocycles. The Balaban J connectivity index is 0.000000188. The molecule has 2 aromatic carbocycles. The molecule has 0 spiro atoms. The van der Waals surface area contributed by atoms with Crippen LogP contribution < -0.4 is 41.4 Å². The van der Waals surface area contributed by atoms with Crippen LogP contribution in [0.25, 0.3) is 0 Å². The van der Waals surface area contributed by atoms with Gasteiger partial charge < -0.3 is 41.4 Å². The van der Waals surface area contributed by atoms with E-state index in [1.165, 1.54) is 36.8 Å². The SMILES string of the molecule is CNc1cc(N2CCCC[C@@H]2Cc2ccccc2OC)nc(N)n1.CNc1cc(N2CCCC[C@H]2Cc2ccccc2OC)nc(N)n1. The van der Waals surface area contributed by atoms with Crippen LogP contribution in [-0.2, 0) is 12.8 Å². The van der Waals surface area contributed by atoms with Crippen molar-refractivity contribution in [1.82, 2.24) is 19.9 Å². The van der Waals surface area contributed by atoms with Gasteiger partial charge >= 0.3 is 0 Å². The smallest absolute Gasteiger partial charge is 0.223 e. The third-order valence-corrected chi connectivity index (χ3v) is 9.11. The fraction of sp³-hybridized carbons (Fsp3) is 0.444. The fourth-order valence-corrected chi connectivity index (χ4v) is 6.74. The second kappa shape index (κ2) is 16.7. The summed E-state index contributed by atoms with van der Waals surface area (Å²) in [5, 5.41) is 6.10. The lowest BCUT2D eigenvalue weighted by molar-refractivity contribution is 0.400. The van der Waals surface area contributed by atoms with Gasteiger partial charge in [0.2, 0.25) is 11.9 Å². The van der Waals surface area contributed by atoms with E-state index in [1.54, 1.807) is 14.2 Å². The molecule has 0 bridgehead atoms. The van der Waals surface area contributed by atoms with Gasteiger partial charge in [0, 0.05) is 51.4 Å². The molecule has 48 heavy (non-hydrogen) atoms. The third-order valence-electron chi connectivity index (χ3n) is 9.11. The third kappa shape index (κ3) is 8.67. The molecule has 256 valence electrons. The van der Waals surface area contributed by atoms with Crippen LogP contribution in [0.1, 0.15) is 49.7 Å². The Kier molecular flexibility index (Phi) is 12.0. The first-order valence-corrected chi connectivity index (χ1v) is 16.8. The van der Waals surface area contributed by atoms with Gasteiger partial charge in [-0.3, -0.25) is 0 Å². The van der Waals surface area contributed by atoms with Crippen LogP contribution in [0.15, 0.2) is 60.7 Å². The Morgan fingerprint density at radius 3 is 1.46 bits per heavy atom. The van der Waals surface area contributed by atoms with Crippen molar-refractivity contribution < 1.29 is 9.47 Å². The standard InChI is InChI=1S/2C18H25N5O/c2*1-20-16-12-17(22-18(19)21-16)23-10-6-5-8-14(23)11-13-7-3-4-9-15(13)24-2/h2*3-4,7,9,12,14H,5-6,8,10-11H2,1-2H3,(H3,19,20,21,22)/t2*14-/m10/s1. The lowest BCUT2D eigenvalue weighted by Crippen LogP contribution is -2.41. The number of nitrogens with two attached hydrogens (primary N) is 2. The molecule has 0 radical (unpaired) electrons. The molecule has 2 aliphatic heterocycles. The molecule has 12 heteroatoms. The van der Waals surface area contributed by atoms with E-state index in [-0.39, 0.29) is 0 Å². The molecule has 2 fully saturated rings. The quantitative estimate of drug-likeness (QED) is 0.173. The average Bonchev–Trinajstić information content (AvgIpc) is 3.12. The van der Waals surface area contributed by atoms with Gasteiger partial charge in [-0.1, -0.05) is 36.4 Å². The fourth-order valence-electron chi connectivity index (χ4n) is 6.74. The molecule has 2 aliphatic rings. The molecule has 4 heterocycles. The zero-order valence-electron chi connectivity index (χ0n) is 28.7. The number of para-hydroxylation sites is 2. The minimum absolute atomic E-state index is 0.304. The Morgan fingerprint density at radius 1 is 0.646 bits per heavy atom. The molecule has 0 unspecified atom stereocenters. The Labute approximate surface area is 284 Å². The highest BCUT2D eigenvalue weighted by Crippen LogP contribution is 2.31. The lowest BCUT2D eigenvalue weighted by atomic mass is 9.95. The molecule has 4 aromatic rings. The number of benzene rings is 2. The van der Waals surface area contributed by atoms with Crippen LogP contribution >= 0.6 is 0 Å². The first kappa shape index (κ1) is 34.3. The minimum atomic E-state index is 0.304. The molecule has 0 saturated carbocycles. The summed E-state index contributed by atoms with van der Waals surface area (Å²) >= 11 is 0. The number of hydrogen-bond acceptors (Lipinski definition) is 12. The van der Waals surface area contributed by atoms with Gasteiger partial charge in [-0.2, -0.15) is 19.9 Å². The van der Waals surface area contributed by atoms with E-state index in [0.29, 0.717) is 24.0 Å². The molecule has 12 nitrogen and oxygen atoms in total. The predicted molar refractivity (Wildman–Crippen MR) is 195 cm³/mol. The summed E-state index contributed by atoms with van der Waals surface area (Å²) in [6.45, 7) is 1.97. The number of methoxy groups -OCH3 is 2. The summed E-state index contributed by atoms with van der Waals surface area (Å²) in [6, 6.07) is 21.2. The van der Waals surface area contributed by atoms with Gasteiger partial charge in [0.1, 0.15) is 34.8 Å². The van der Waals surface area contributed by atoms with Crippen molar-refractivity contribution in [2.45, 2.75) is 63.5 Å². The van der Waals surface area contributed by atoms with Crippen LogP contribution in [0.2, 0.25) is 0 Å². The maximum atomic E-state index is 5.88. The van der Waals surface area contributed by atoms with E-state index in [2.05, 4.69) is 64.6 Å². The lowest BCUT2D eigenvalue weighted by Gasteiger charge is -2.37. The summed E-state index contributed by atoms with van der Waals surface area (Å²) in [5.41, 5.74) is 14.2. The highest BCUT2D eigenvalue weighted by atomic mass is 16.5. The maximum absolute atomic E-state index is 5.88. The van der Waals surface area contributed by atoms with E-state index < -0.39 is 0 Å². The van der Waals surface area contributed by atoms with Crippen molar-refractivity contribution in [3.8, 4) is 11.5 Å². The summed E-state index contributed by atoms with van der Waals surface area (Å²) in [5.74, 6) is 5.79. The first-order chi connectivity index (χ1) is 23.4. The first-order valence-electron chi connectivity index (χ1n) is 16.8. The second-order valence-corrected chi connectivity index (χ2v) is 12.2. The van der Waals surface area contributed by atoms with Gasteiger partial charge in [-0.15, -0.1) is 0 Å². The number of piperidine rings is 2. The van der Waals surface area contributed by atoms with Gasteiger partial charge in [-0.25, -0.2) is 0 Å². The van der Waals surface area contributed by atoms with Crippen molar-refractivity contribution >= 4 is 35.2 Å². The number of ether oxygens (including phenoxy) is 2. The van der Waals surface area contributed by atoms with Crippen molar-refractivity contribution in [1.29, 1.82) is 0 Å². The monoisotopic (exact) mass is 654 g/mol. The molecular weight excluding hydrogens is 604 g/mol. The molecule has 6 rings (SSSR count). The topological polar surface area (TPSA) is 153 Å². The minimum Gasteiger partial charge on any atom is -0.496 e. The van der Waals surface area contributed by atoms with Gasteiger partial charge in [0.15, 0.2) is 0 Å². The molecular formula is C36H50N10O2. The van der Waals surface area contributed by atoms with Crippen molar-refractivity contribution in [2.24, 2.45) is 0 Å². The van der Waals surface area contributed by atoms with Gasteiger partial charge in [-0.05, 0) is 74.6 Å².